The quantitative estimate of drug-likeness (QED) is 0.499. The van der Waals surface area contributed by atoms with E-state index in [-0.39, 0.29) is 6.10 Å². The molecule has 4 rings (SSSR count). The zero-order valence-electron chi connectivity index (χ0n) is 20.4. The molecule has 1 nitrogen and oxygen atoms in total. The van der Waals surface area contributed by atoms with Gasteiger partial charge < -0.3 is 5.11 Å². The third kappa shape index (κ3) is 3.74. The molecule has 0 aromatic carbocycles. The molecular formula is C28H50O. The topological polar surface area (TPSA) is 20.2 Å². The summed E-state index contributed by atoms with van der Waals surface area (Å²) in [6.07, 6.45) is 15.1. The standard InChI is InChI=1S/C28H50O/c1-18(2)19(3)7-8-20(4)24-11-12-25-23-10-9-21-17-22(29)13-15-27(21,5)26(23)14-16-28(24,25)6/h18-26,29H,7-17H2,1-6H3/t19-,20+,21+,22-,23-,24+,25-,26-,27-,28+/m0/s1. The van der Waals surface area contributed by atoms with Gasteiger partial charge in [0.05, 0.1) is 6.10 Å². The van der Waals surface area contributed by atoms with Crippen molar-refractivity contribution < 1.29 is 5.11 Å². The van der Waals surface area contributed by atoms with Crippen LogP contribution in [0.5, 0.6) is 0 Å². The van der Waals surface area contributed by atoms with E-state index in [1.807, 2.05) is 0 Å². The van der Waals surface area contributed by atoms with Crippen molar-refractivity contribution in [3.8, 4) is 0 Å². The minimum Gasteiger partial charge on any atom is -0.393 e. The Bertz CT molecular complexity index is 569. The number of aliphatic hydroxyl groups excluding tert-OH is 1. The Balaban J connectivity index is 1.46. The largest absolute Gasteiger partial charge is 0.393 e. The van der Waals surface area contributed by atoms with Crippen LogP contribution >= 0.6 is 0 Å². The van der Waals surface area contributed by atoms with E-state index in [0.29, 0.717) is 10.8 Å². The summed E-state index contributed by atoms with van der Waals surface area (Å²) >= 11 is 0. The van der Waals surface area contributed by atoms with E-state index in [1.54, 1.807) is 0 Å². The van der Waals surface area contributed by atoms with Gasteiger partial charge in [-0.15, -0.1) is 0 Å². The summed E-state index contributed by atoms with van der Waals surface area (Å²) in [5.41, 5.74) is 1.14. The Morgan fingerprint density at radius 3 is 2.21 bits per heavy atom. The molecule has 10 atom stereocenters. The molecule has 4 saturated carbocycles. The second-order valence-corrected chi connectivity index (χ2v) is 13.1. The van der Waals surface area contributed by atoms with Gasteiger partial charge in [-0.1, -0.05) is 54.4 Å². The van der Waals surface area contributed by atoms with Gasteiger partial charge >= 0.3 is 0 Å². The van der Waals surface area contributed by atoms with Crippen molar-refractivity contribution in [3.63, 3.8) is 0 Å². The first-order valence-electron chi connectivity index (χ1n) is 13.3. The Hall–Kier alpha value is -0.0400. The molecule has 0 aliphatic heterocycles. The fourth-order valence-electron chi connectivity index (χ4n) is 9.27. The number of rotatable bonds is 5. The predicted molar refractivity (Wildman–Crippen MR) is 124 cm³/mol. The van der Waals surface area contributed by atoms with Gasteiger partial charge in [-0.25, -0.2) is 0 Å². The molecule has 168 valence electrons. The van der Waals surface area contributed by atoms with Crippen molar-refractivity contribution >= 4 is 0 Å². The van der Waals surface area contributed by atoms with Crippen LogP contribution in [-0.2, 0) is 0 Å². The van der Waals surface area contributed by atoms with E-state index in [4.69, 9.17) is 0 Å². The first kappa shape index (κ1) is 22.2. The zero-order valence-corrected chi connectivity index (χ0v) is 20.4. The average Bonchev–Trinajstić information content (AvgIpc) is 3.03. The molecular weight excluding hydrogens is 352 g/mol. The Labute approximate surface area is 181 Å². The molecule has 0 radical (unpaired) electrons. The maximum absolute atomic E-state index is 10.3. The van der Waals surface area contributed by atoms with E-state index in [2.05, 4.69) is 41.5 Å². The maximum atomic E-state index is 10.3. The van der Waals surface area contributed by atoms with Crippen LogP contribution in [0, 0.1) is 58.2 Å². The second-order valence-electron chi connectivity index (χ2n) is 13.1. The Morgan fingerprint density at radius 1 is 0.793 bits per heavy atom. The molecule has 4 fully saturated rings. The summed E-state index contributed by atoms with van der Waals surface area (Å²) in [4.78, 5) is 0. The van der Waals surface area contributed by atoms with Crippen molar-refractivity contribution in [3.05, 3.63) is 0 Å². The summed E-state index contributed by atoms with van der Waals surface area (Å²) in [5, 5.41) is 10.3. The lowest BCUT2D eigenvalue weighted by Gasteiger charge is -2.61. The fraction of sp³-hybridized carbons (Fsp3) is 1.00. The lowest BCUT2D eigenvalue weighted by atomic mass is 9.44. The summed E-state index contributed by atoms with van der Waals surface area (Å²) in [5.74, 6) is 7.28. The number of aliphatic hydroxyl groups is 1. The first-order chi connectivity index (χ1) is 13.7. The highest BCUT2D eigenvalue weighted by molar-refractivity contribution is 5.09. The molecule has 0 saturated heterocycles. The molecule has 0 heterocycles. The van der Waals surface area contributed by atoms with E-state index in [9.17, 15) is 5.11 Å². The molecule has 1 heteroatoms. The van der Waals surface area contributed by atoms with Crippen LogP contribution < -0.4 is 0 Å². The Kier molecular flexibility index (Phi) is 6.22. The van der Waals surface area contributed by atoms with Crippen LogP contribution in [0.3, 0.4) is 0 Å². The van der Waals surface area contributed by atoms with E-state index in [1.165, 1.54) is 57.8 Å². The van der Waals surface area contributed by atoms with Gasteiger partial charge in [0.1, 0.15) is 0 Å². The van der Waals surface area contributed by atoms with Crippen LogP contribution in [0.2, 0.25) is 0 Å². The highest BCUT2D eigenvalue weighted by Gasteiger charge is 2.60. The molecule has 4 aliphatic carbocycles. The van der Waals surface area contributed by atoms with Crippen molar-refractivity contribution in [1.82, 2.24) is 0 Å². The summed E-state index contributed by atoms with van der Waals surface area (Å²) < 4.78 is 0. The zero-order chi connectivity index (χ0) is 21.0. The lowest BCUT2D eigenvalue weighted by Crippen LogP contribution is -2.54. The highest BCUT2D eigenvalue weighted by atomic mass is 16.3. The second kappa shape index (κ2) is 8.14. The third-order valence-corrected chi connectivity index (χ3v) is 11.6. The highest BCUT2D eigenvalue weighted by Crippen LogP contribution is 2.68. The smallest absolute Gasteiger partial charge is 0.0543 e. The molecule has 0 aromatic heterocycles. The van der Waals surface area contributed by atoms with Gasteiger partial charge in [-0.3, -0.25) is 0 Å². The molecule has 0 amide bonds. The van der Waals surface area contributed by atoms with Crippen LogP contribution in [0.15, 0.2) is 0 Å². The number of hydrogen-bond donors (Lipinski definition) is 1. The first-order valence-corrected chi connectivity index (χ1v) is 13.3. The third-order valence-electron chi connectivity index (χ3n) is 11.6. The molecule has 0 unspecified atom stereocenters. The fourth-order valence-corrected chi connectivity index (χ4v) is 9.27. The molecule has 0 aromatic rings. The van der Waals surface area contributed by atoms with E-state index < -0.39 is 0 Å². The number of fused-ring (bicyclic) bond motifs is 5. The minimum atomic E-state index is -0.0107. The van der Waals surface area contributed by atoms with Gasteiger partial charge in [0, 0.05) is 0 Å². The van der Waals surface area contributed by atoms with Crippen molar-refractivity contribution in [2.75, 3.05) is 0 Å². The molecule has 0 bridgehead atoms. The molecule has 1 N–H and O–H groups in total. The molecule has 0 spiro atoms. The molecule has 29 heavy (non-hydrogen) atoms. The van der Waals surface area contributed by atoms with Gasteiger partial charge in [-0.05, 0) is 116 Å². The Morgan fingerprint density at radius 2 is 1.48 bits per heavy atom. The van der Waals surface area contributed by atoms with Gasteiger partial charge in [0.15, 0.2) is 0 Å². The van der Waals surface area contributed by atoms with Crippen LogP contribution in [0.25, 0.3) is 0 Å². The maximum Gasteiger partial charge on any atom is 0.0543 e. The van der Waals surface area contributed by atoms with Gasteiger partial charge in [-0.2, -0.15) is 0 Å². The predicted octanol–water partition coefficient (Wildman–Crippen LogP) is 7.71. The summed E-state index contributed by atoms with van der Waals surface area (Å²) in [6, 6.07) is 0. The van der Waals surface area contributed by atoms with E-state index >= 15 is 0 Å². The van der Waals surface area contributed by atoms with Crippen molar-refractivity contribution in [1.29, 1.82) is 0 Å². The SMILES string of the molecule is CC(C)[C@@H](C)CC[C@@H](C)[C@H]1CC[C@H]2[C@@H]3CC[C@@H]4C[C@@H](O)CC[C@]4(C)[C@H]3CC[C@]12C. The van der Waals surface area contributed by atoms with Crippen LogP contribution in [0.4, 0.5) is 0 Å². The lowest BCUT2D eigenvalue weighted by molar-refractivity contribution is -0.129. The van der Waals surface area contributed by atoms with Gasteiger partial charge in [0.25, 0.3) is 0 Å². The minimum absolute atomic E-state index is 0.0107. The van der Waals surface area contributed by atoms with E-state index in [0.717, 1.165) is 60.2 Å². The van der Waals surface area contributed by atoms with Crippen molar-refractivity contribution in [2.24, 2.45) is 58.2 Å². The van der Waals surface area contributed by atoms with Crippen LogP contribution in [-0.4, -0.2) is 11.2 Å². The van der Waals surface area contributed by atoms with Crippen LogP contribution in [0.1, 0.15) is 112 Å². The average molecular weight is 403 g/mol. The normalized spacial score (nSPS) is 49.2. The van der Waals surface area contributed by atoms with Crippen molar-refractivity contribution in [2.45, 2.75) is 118 Å². The van der Waals surface area contributed by atoms with Gasteiger partial charge in [0.2, 0.25) is 0 Å². The summed E-state index contributed by atoms with van der Waals surface area (Å²) in [6.45, 7) is 15.2. The monoisotopic (exact) mass is 402 g/mol. The summed E-state index contributed by atoms with van der Waals surface area (Å²) in [7, 11) is 0. The molecule has 4 aliphatic rings. The number of hydrogen-bond acceptors (Lipinski definition) is 1.